The van der Waals surface area contributed by atoms with Gasteiger partial charge in [0.15, 0.2) is 2.14 Å². The first-order chi connectivity index (χ1) is 6.88. The fraction of sp³-hybridized carbons (Fsp3) is 0.125. The molecule has 2 aromatic rings. The zero-order valence-corrected chi connectivity index (χ0v) is 14.0. The second-order valence-corrected chi connectivity index (χ2v) is 11.4. The predicted molar refractivity (Wildman–Crippen MR) is 78.1 cm³/mol. The van der Waals surface area contributed by atoms with Gasteiger partial charge in [0, 0.05) is 0 Å². The van der Waals surface area contributed by atoms with E-state index in [2.05, 4.69) is 52.8 Å². The summed E-state index contributed by atoms with van der Waals surface area (Å²) in [5.41, 5.74) is 0.840. The summed E-state index contributed by atoms with van der Waals surface area (Å²) in [4.78, 5) is 4.42. The van der Waals surface area contributed by atoms with Gasteiger partial charge in [0.25, 0.3) is 0 Å². The quantitative estimate of drug-likeness (QED) is 0.452. The highest BCUT2D eigenvalue weighted by molar-refractivity contribution is 9.38. The molecule has 0 fully saturated rings. The zero-order valence-electron chi connectivity index (χ0n) is 6.90. The number of hydrogen-bond acceptors (Lipinski definition) is 2. The van der Waals surface area contributed by atoms with Crippen molar-refractivity contribution in [3.8, 4) is 0 Å². The van der Waals surface area contributed by atoms with E-state index in [1.807, 2.05) is 6.07 Å². The van der Waals surface area contributed by atoms with Gasteiger partial charge in [-0.2, -0.15) is 0 Å². The fourth-order valence-electron chi connectivity index (χ4n) is 1.04. The van der Waals surface area contributed by atoms with Gasteiger partial charge in [0.1, 0.15) is 5.01 Å². The van der Waals surface area contributed by atoms with E-state index in [1.54, 1.807) is 6.07 Å². The van der Waals surface area contributed by atoms with Crippen molar-refractivity contribution in [1.82, 2.24) is 4.98 Å². The third-order valence-electron chi connectivity index (χ3n) is 1.67. The third-order valence-corrected chi connectivity index (χ3v) is 5.45. The maximum absolute atomic E-state index is 5.92. The van der Waals surface area contributed by atoms with Crippen molar-refractivity contribution in [3.05, 3.63) is 27.2 Å². The maximum atomic E-state index is 5.92. The Labute approximate surface area is 126 Å². The number of nitrogens with zero attached hydrogens (tertiary/aromatic N) is 1. The normalized spacial score (nSPS) is 12.3. The van der Waals surface area contributed by atoms with Crippen molar-refractivity contribution in [2.45, 2.75) is 2.14 Å². The van der Waals surface area contributed by atoms with Crippen LogP contribution >= 0.6 is 82.3 Å². The molecule has 1 aromatic heterocycles. The minimum Gasteiger partial charge on any atom is -0.238 e. The average Bonchev–Trinajstić information content (AvgIpc) is 2.47. The second-order valence-electron chi connectivity index (χ2n) is 2.75. The molecule has 0 amide bonds. The van der Waals surface area contributed by atoms with Crippen LogP contribution in [0.5, 0.6) is 0 Å². The molecular weight excluding hydrogens is 453 g/mol. The molecule has 0 bridgehead atoms. The number of hydrogen-bond donors (Lipinski definition) is 0. The third kappa shape index (κ3) is 2.69. The lowest BCUT2D eigenvalue weighted by molar-refractivity contribution is 1.28. The van der Waals surface area contributed by atoms with Crippen LogP contribution in [0, 0.1) is 0 Å². The molecule has 0 unspecified atom stereocenters. The van der Waals surface area contributed by atoms with Gasteiger partial charge < -0.3 is 0 Å². The van der Waals surface area contributed by atoms with Crippen LogP contribution < -0.4 is 0 Å². The van der Waals surface area contributed by atoms with E-state index in [0.717, 1.165) is 15.2 Å². The zero-order chi connectivity index (χ0) is 11.2. The molecule has 0 spiro atoms. The van der Waals surface area contributed by atoms with Gasteiger partial charge in [-0.05, 0) is 12.1 Å². The van der Waals surface area contributed by atoms with Crippen LogP contribution in [0.3, 0.4) is 0 Å². The number of benzene rings is 1. The molecule has 1 heterocycles. The summed E-state index contributed by atoms with van der Waals surface area (Å²) in [6.07, 6.45) is 0. The molecule has 0 N–H and O–H groups in total. The number of thiazole rings is 1. The van der Waals surface area contributed by atoms with E-state index in [1.165, 1.54) is 11.3 Å². The monoisotopic (exact) mass is 451 g/mol. The van der Waals surface area contributed by atoms with E-state index in [4.69, 9.17) is 23.2 Å². The topological polar surface area (TPSA) is 12.9 Å². The molecule has 0 aliphatic rings. The average molecular weight is 455 g/mol. The Morgan fingerprint density at radius 2 is 1.73 bits per heavy atom. The smallest absolute Gasteiger partial charge is 0.186 e. The van der Waals surface area contributed by atoms with Crippen LogP contribution in [0.1, 0.15) is 5.01 Å². The Morgan fingerprint density at radius 1 is 1.13 bits per heavy atom. The number of rotatable bonds is 0. The largest absolute Gasteiger partial charge is 0.238 e. The van der Waals surface area contributed by atoms with Gasteiger partial charge in [-0.3, -0.25) is 0 Å². The molecule has 0 aliphatic carbocycles. The number of fused-ring (bicyclic) bond motifs is 1. The summed E-state index contributed by atoms with van der Waals surface area (Å²) in [5, 5.41) is 1.92. The molecule has 0 aliphatic heterocycles. The molecule has 0 saturated carbocycles. The van der Waals surface area contributed by atoms with Crippen LogP contribution in [0.15, 0.2) is 12.1 Å². The maximum Gasteiger partial charge on any atom is 0.186 e. The van der Waals surface area contributed by atoms with Crippen molar-refractivity contribution in [3.63, 3.8) is 0 Å². The Kier molecular flexibility index (Phi) is 3.71. The molecular formula is C8H2Br3Cl2NS. The lowest BCUT2D eigenvalue weighted by Gasteiger charge is -2.05. The summed E-state index contributed by atoms with van der Waals surface area (Å²) in [6, 6.07) is 3.58. The van der Waals surface area contributed by atoms with E-state index in [-0.39, 0.29) is 0 Å². The Bertz CT molecular complexity index is 481. The van der Waals surface area contributed by atoms with E-state index in [9.17, 15) is 0 Å². The Balaban J connectivity index is 2.66. The first-order valence-corrected chi connectivity index (χ1v) is 7.66. The number of halogens is 5. The molecule has 2 rings (SSSR count). The molecule has 7 heteroatoms. The van der Waals surface area contributed by atoms with Crippen LogP contribution in [-0.4, -0.2) is 4.98 Å². The van der Waals surface area contributed by atoms with Crippen LogP contribution in [0.25, 0.3) is 10.2 Å². The lowest BCUT2D eigenvalue weighted by atomic mass is 10.3. The summed E-state index contributed by atoms with van der Waals surface area (Å²) >= 11 is 23.6. The van der Waals surface area contributed by atoms with Crippen molar-refractivity contribution >= 4 is 92.5 Å². The van der Waals surface area contributed by atoms with Crippen LogP contribution in [0.2, 0.25) is 10.0 Å². The summed E-state index contributed by atoms with van der Waals surface area (Å²) in [7, 11) is 0. The van der Waals surface area contributed by atoms with Gasteiger partial charge in [0.05, 0.1) is 20.3 Å². The van der Waals surface area contributed by atoms with Crippen molar-refractivity contribution in [2.24, 2.45) is 0 Å². The van der Waals surface area contributed by atoms with Gasteiger partial charge in [0.2, 0.25) is 0 Å². The molecule has 1 aromatic carbocycles. The molecule has 0 saturated heterocycles. The van der Waals surface area contributed by atoms with Crippen LogP contribution in [-0.2, 0) is 2.14 Å². The van der Waals surface area contributed by atoms with Crippen molar-refractivity contribution < 1.29 is 0 Å². The molecule has 80 valence electrons. The van der Waals surface area contributed by atoms with Gasteiger partial charge in [-0.1, -0.05) is 71.0 Å². The molecule has 1 nitrogen and oxygen atoms in total. The SMILES string of the molecule is Clc1cc2nc(C(Br)(Br)Br)sc2cc1Cl. The Hall–Kier alpha value is 1.13. The van der Waals surface area contributed by atoms with E-state index >= 15 is 0 Å². The van der Waals surface area contributed by atoms with Crippen molar-refractivity contribution in [2.75, 3.05) is 0 Å². The van der Waals surface area contributed by atoms with Crippen molar-refractivity contribution in [1.29, 1.82) is 0 Å². The summed E-state index contributed by atoms with van der Waals surface area (Å²) in [5.74, 6) is 0. The van der Waals surface area contributed by atoms with Gasteiger partial charge >= 0.3 is 0 Å². The Morgan fingerprint density at radius 3 is 2.33 bits per heavy atom. The first-order valence-electron chi connectivity index (χ1n) is 3.71. The second kappa shape index (κ2) is 4.42. The van der Waals surface area contributed by atoms with Crippen LogP contribution in [0.4, 0.5) is 0 Å². The number of aromatic nitrogens is 1. The highest BCUT2D eigenvalue weighted by atomic mass is 80.0. The minimum atomic E-state index is -0.490. The molecule has 15 heavy (non-hydrogen) atoms. The number of alkyl halides is 3. The molecule has 0 radical (unpaired) electrons. The first kappa shape index (κ1) is 12.6. The van der Waals surface area contributed by atoms with E-state index in [0.29, 0.717) is 10.0 Å². The summed E-state index contributed by atoms with van der Waals surface area (Å²) in [6.45, 7) is 0. The highest BCUT2D eigenvalue weighted by Gasteiger charge is 2.25. The van der Waals surface area contributed by atoms with Gasteiger partial charge in [-0.25, -0.2) is 4.98 Å². The predicted octanol–water partition coefficient (Wildman–Crippen LogP) is 5.90. The fourth-order valence-corrected chi connectivity index (χ4v) is 3.28. The lowest BCUT2D eigenvalue weighted by Crippen LogP contribution is -1.94. The minimum absolute atomic E-state index is 0.490. The van der Waals surface area contributed by atoms with E-state index < -0.39 is 2.14 Å². The van der Waals surface area contributed by atoms with Gasteiger partial charge in [-0.15, -0.1) is 11.3 Å². The molecule has 0 atom stereocenters. The standard InChI is InChI=1S/C8H2Br3Cl2NS/c9-8(10,11)7-14-5-1-3(12)4(13)2-6(5)15-7/h1-2H. The highest BCUT2D eigenvalue weighted by Crippen LogP contribution is 2.47. The summed E-state index contributed by atoms with van der Waals surface area (Å²) < 4.78 is 0.512.